The van der Waals surface area contributed by atoms with Crippen LogP contribution in [0.4, 0.5) is 0 Å². The van der Waals surface area contributed by atoms with Crippen molar-refractivity contribution in [2.45, 2.75) is 0 Å². The van der Waals surface area contributed by atoms with Gasteiger partial charge in [-0.1, -0.05) is 11.9 Å². The molecule has 0 spiro atoms. The Labute approximate surface area is 57.2 Å². The molecule has 0 aliphatic carbocycles. The molecule has 0 bridgehead atoms. The largest absolute Gasteiger partial charge is 0.404 e. The third kappa shape index (κ3) is 4.19. The van der Waals surface area contributed by atoms with E-state index >= 15 is 0 Å². The highest BCUT2D eigenvalue weighted by Crippen LogP contribution is 2.05. The monoisotopic (exact) mass is 145 g/mol. The molecule has 0 aromatic heterocycles. The highest BCUT2D eigenvalue weighted by atomic mass is 31.1. The fourth-order valence-electron chi connectivity index (χ4n) is 0.351. The zero-order chi connectivity index (χ0) is 7.11. The molecular formula is C6H12NOP. The van der Waals surface area contributed by atoms with Gasteiger partial charge in [-0.15, -0.1) is 8.58 Å². The van der Waals surface area contributed by atoms with Gasteiger partial charge in [0.1, 0.15) is 0 Å². The van der Waals surface area contributed by atoms with Gasteiger partial charge >= 0.3 is 0 Å². The van der Waals surface area contributed by atoms with E-state index in [1.165, 1.54) is 6.20 Å². The van der Waals surface area contributed by atoms with Crippen LogP contribution in [0.25, 0.3) is 0 Å². The predicted molar refractivity (Wildman–Crippen MR) is 42.7 cm³/mol. The first-order valence-corrected chi connectivity index (χ1v) is 4.28. The van der Waals surface area contributed by atoms with E-state index in [0.29, 0.717) is 0 Å². The SMILES string of the molecule is CP/C=C\C(=C/N)CO. The highest BCUT2D eigenvalue weighted by molar-refractivity contribution is 7.40. The van der Waals surface area contributed by atoms with Gasteiger partial charge in [0.15, 0.2) is 0 Å². The van der Waals surface area contributed by atoms with Crippen molar-refractivity contribution in [2.75, 3.05) is 13.3 Å². The van der Waals surface area contributed by atoms with Crippen molar-refractivity contribution >= 4 is 8.58 Å². The van der Waals surface area contributed by atoms with Gasteiger partial charge in [-0.05, 0) is 18.4 Å². The van der Waals surface area contributed by atoms with E-state index in [9.17, 15) is 0 Å². The first kappa shape index (κ1) is 8.67. The lowest BCUT2D eigenvalue weighted by Crippen LogP contribution is -1.90. The van der Waals surface area contributed by atoms with Gasteiger partial charge in [0.2, 0.25) is 0 Å². The molecule has 1 unspecified atom stereocenters. The van der Waals surface area contributed by atoms with Gasteiger partial charge in [-0.25, -0.2) is 0 Å². The minimum atomic E-state index is 0.0253. The summed E-state index contributed by atoms with van der Waals surface area (Å²) in [5.41, 5.74) is 5.92. The molecule has 0 heterocycles. The highest BCUT2D eigenvalue weighted by Gasteiger charge is 1.82. The molecule has 0 radical (unpaired) electrons. The number of nitrogens with two attached hydrogens (primary N) is 1. The second-order valence-corrected chi connectivity index (χ2v) is 2.43. The van der Waals surface area contributed by atoms with Crippen LogP contribution < -0.4 is 5.73 Å². The molecule has 1 atom stereocenters. The van der Waals surface area contributed by atoms with Crippen LogP contribution in [0.1, 0.15) is 0 Å². The summed E-state index contributed by atoms with van der Waals surface area (Å²) in [6, 6.07) is 0. The minimum absolute atomic E-state index is 0.0253. The molecule has 52 valence electrons. The summed E-state index contributed by atoms with van der Waals surface area (Å²) in [6.45, 7) is 2.08. The minimum Gasteiger partial charge on any atom is -0.404 e. The molecule has 0 aliphatic heterocycles. The molecule has 0 amide bonds. The molecule has 9 heavy (non-hydrogen) atoms. The van der Waals surface area contributed by atoms with Crippen LogP contribution in [0.3, 0.4) is 0 Å². The summed E-state index contributed by atoms with van der Waals surface area (Å²) in [4.78, 5) is 0. The predicted octanol–water partition coefficient (Wildman–Crippen LogP) is 0.643. The van der Waals surface area contributed by atoms with Crippen molar-refractivity contribution in [3.8, 4) is 0 Å². The third-order valence-corrected chi connectivity index (χ3v) is 1.36. The molecule has 2 nitrogen and oxygen atoms in total. The summed E-state index contributed by atoms with van der Waals surface area (Å²) < 4.78 is 0. The van der Waals surface area contributed by atoms with Crippen molar-refractivity contribution in [2.24, 2.45) is 5.73 Å². The molecule has 0 aromatic rings. The normalized spacial score (nSPS) is 14.2. The fourth-order valence-corrected chi connectivity index (χ4v) is 0.732. The van der Waals surface area contributed by atoms with Crippen LogP contribution in [0.5, 0.6) is 0 Å². The van der Waals surface area contributed by atoms with E-state index in [-0.39, 0.29) is 6.61 Å². The Balaban J connectivity index is 3.70. The lowest BCUT2D eigenvalue weighted by molar-refractivity contribution is 0.334. The zero-order valence-electron chi connectivity index (χ0n) is 5.46. The summed E-state index contributed by atoms with van der Waals surface area (Å²) in [5.74, 6) is 1.98. The summed E-state index contributed by atoms with van der Waals surface area (Å²) in [6.07, 6.45) is 3.25. The van der Waals surface area contributed by atoms with Gasteiger partial charge in [0.05, 0.1) is 6.61 Å². The van der Waals surface area contributed by atoms with Crippen LogP contribution in [0.2, 0.25) is 0 Å². The average molecular weight is 145 g/mol. The molecular weight excluding hydrogens is 133 g/mol. The number of aliphatic hydroxyl groups is 1. The van der Waals surface area contributed by atoms with E-state index < -0.39 is 0 Å². The third-order valence-electron chi connectivity index (χ3n) is 0.861. The Morgan fingerprint density at radius 2 is 2.44 bits per heavy atom. The van der Waals surface area contributed by atoms with E-state index in [2.05, 4.69) is 6.66 Å². The number of aliphatic hydroxyl groups excluding tert-OH is 1. The lowest BCUT2D eigenvalue weighted by Gasteiger charge is -1.90. The van der Waals surface area contributed by atoms with Gasteiger partial charge < -0.3 is 10.8 Å². The number of hydrogen-bond acceptors (Lipinski definition) is 2. The number of hydrogen-bond donors (Lipinski definition) is 2. The fraction of sp³-hybridized carbons (Fsp3) is 0.333. The first-order chi connectivity index (χ1) is 4.35. The van der Waals surface area contributed by atoms with Gasteiger partial charge in [0.25, 0.3) is 0 Å². The van der Waals surface area contributed by atoms with Crippen molar-refractivity contribution in [1.29, 1.82) is 0 Å². The molecule has 0 aromatic carbocycles. The maximum absolute atomic E-state index is 8.56. The Bertz CT molecular complexity index is 120. The molecule has 3 heteroatoms. The zero-order valence-corrected chi connectivity index (χ0v) is 6.46. The standard InChI is InChI=1S/C6H12NOP/c1-9-3-2-6(4-7)5-8/h2-4,8-9H,5,7H2,1H3/b3-2-,6-4+. The Morgan fingerprint density at radius 3 is 2.78 bits per heavy atom. The average Bonchev–Trinajstić information content (AvgIpc) is 1.91. The van der Waals surface area contributed by atoms with Crippen LogP contribution in [-0.4, -0.2) is 18.4 Å². The quantitative estimate of drug-likeness (QED) is 0.452. The van der Waals surface area contributed by atoms with Crippen molar-refractivity contribution in [3.05, 3.63) is 23.7 Å². The molecule has 0 fully saturated rings. The van der Waals surface area contributed by atoms with Crippen molar-refractivity contribution in [1.82, 2.24) is 0 Å². The maximum atomic E-state index is 8.56. The number of rotatable bonds is 3. The van der Waals surface area contributed by atoms with Gasteiger partial charge in [-0.3, -0.25) is 0 Å². The van der Waals surface area contributed by atoms with E-state index in [0.717, 1.165) is 14.2 Å². The topological polar surface area (TPSA) is 46.2 Å². The Kier molecular flexibility index (Phi) is 5.59. The van der Waals surface area contributed by atoms with E-state index in [1.54, 1.807) is 0 Å². The maximum Gasteiger partial charge on any atom is 0.0695 e. The van der Waals surface area contributed by atoms with Gasteiger partial charge in [-0.2, -0.15) is 0 Å². The first-order valence-electron chi connectivity index (χ1n) is 2.70. The van der Waals surface area contributed by atoms with Crippen LogP contribution in [0, 0.1) is 0 Å². The molecule has 0 saturated carbocycles. The van der Waals surface area contributed by atoms with Crippen LogP contribution >= 0.6 is 8.58 Å². The smallest absolute Gasteiger partial charge is 0.0695 e. The Hall–Kier alpha value is -0.330. The molecule has 3 N–H and O–H groups in total. The van der Waals surface area contributed by atoms with E-state index in [4.69, 9.17) is 10.8 Å². The summed E-state index contributed by atoms with van der Waals surface area (Å²) in [5, 5.41) is 8.56. The second-order valence-electron chi connectivity index (χ2n) is 1.52. The molecule has 0 rings (SSSR count). The van der Waals surface area contributed by atoms with Crippen LogP contribution in [0.15, 0.2) is 23.7 Å². The summed E-state index contributed by atoms with van der Waals surface area (Å²) >= 11 is 0. The second kappa shape index (κ2) is 5.80. The lowest BCUT2D eigenvalue weighted by atomic mass is 10.3. The summed E-state index contributed by atoms with van der Waals surface area (Å²) in [7, 11) is 0.769. The van der Waals surface area contributed by atoms with Crippen LogP contribution in [-0.2, 0) is 0 Å². The molecule has 0 aliphatic rings. The van der Waals surface area contributed by atoms with Gasteiger partial charge in [0, 0.05) is 0 Å². The van der Waals surface area contributed by atoms with Crippen molar-refractivity contribution in [3.63, 3.8) is 0 Å². The molecule has 0 saturated heterocycles. The van der Waals surface area contributed by atoms with E-state index in [1.807, 2.05) is 11.9 Å². The van der Waals surface area contributed by atoms with Crippen molar-refractivity contribution < 1.29 is 5.11 Å². The Morgan fingerprint density at radius 1 is 1.78 bits per heavy atom.